The third kappa shape index (κ3) is 3.94. The number of nitrogens with zero attached hydrogens (tertiary/aromatic N) is 1. The van der Waals surface area contributed by atoms with Crippen LogP contribution in [0.15, 0.2) is 36.5 Å². The number of aryl methyl sites for hydroxylation is 1. The van der Waals surface area contributed by atoms with Gasteiger partial charge in [0.25, 0.3) is 5.91 Å². The van der Waals surface area contributed by atoms with Crippen LogP contribution >= 0.6 is 11.6 Å². The number of hydrogen-bond donors (Lipinski definition) is 2. The maximum atomic E-state index is 12.7. The van der Waals surface area contributed by atoms with Crippen molar-refractivity contribution < 1.29 is 14.6 Å². The summed E-state index contributed by atoms with van der Waals surface area (Å²) in [5.41, 5.74) is 2.34. The van der Waals surface area contributed by atoms with Gasteiger partial charge in [-0.25, -0.2) is 4.98 Å². The Bertz CT molecular complexity index is 758. The number of halogens is 1. The summed E-state index contributed by atoms with van der Waals surface area (Å²) in [6.07, 6.45) is 2.72. The van der Waals surface area contributed by atoms with Gasteiger partial charge in [0.1, 0.15) is 0 Å². The minimum absolute atomic E-state index is 0.176. The molecular weight excluding hydrogens is 340 g/mol. The van der Waals surface area contributed by atoms with Gasteiger partial charge in [0, 0.05) is 22.8 Å². The van der Waals surface area contributed by atoms with E-state index in [9.17, 15) is 9.90 Å². The highest BCUT2D eigenvalue weighted by molar-refractivity contribution is 6.31. The second-order valence-electron chi connectivity index (χ2n) is 6.43. The van der Waals surface area contributed by atoms with Crippen LogP contribution in [-0.4, -0.2) is 29.2 Å². The van der Waals surface area contributed by atoms with Crippen molar-refractivity contribution in [3.05, 3.63) is 58.2 Å². The number of carbonyl (C=O) groups excluding carboxylic acids is 1. The zero-order valence-corrected chi connectivity index (χ0v) is 15.0. The molecule has 2 aromatic rings. The summed E-state index contributed by atoms with van der Waals surface area (Å²) in [6, 6.07) is 8.71. The Morgan fingerprint density at radius 1 is 1.36 bits per heavy atom. The summed E-state index contributed by atoms with van der Waals surface area (Å²) < 4.78 is 5.09. The molecule has 0 unspecified atom stereocenters. The fourth-order valence-electron chi connectivity index (χ4n) is 3.03. The Balaban J connectivity index is 1.81. The molecule has 1 aromatic heterocycles. The summed E-state index contributed by atoms with van der Waals surface area (Å²) in [6.45, 7) is 1.89. The number of hydrogen-bond acceptors (Lipinski definition) is 4. The van der Waals surface area contributed by atoms with Crippen molar-refractivity contribution in [2.24, 2.45) is 5.92 Å². The fourth-order valence-corrected chi connectivity index (χ4v) is 3.21. The number of pyridine rings is 1. The standard InChI is InChI=1S/C19H21ClN2O3/c1-11-3-4-12(9-16(11)20)19(24)22-18(14-7-15(23)8-14)13-5-6-17(25-2)21-10-13/h3-6,9-10,14-15,18,23H,7-8H2,1-2H3,(H,22,24)/t14?,15?,18-/m1/s1. The predicted octanol–water partition coefficient (Wildman–Crippen LogP) is 3.29. The molecule has 0 radical (unpaired) electrons. The number of nitrogens with one attached hydrogen (secondary N) is 1. The largest absolute Gasteiger partial charge is 0.481 e. The molecule has 25 heavy (non-hydrogen) atoms. The molecule has 0 aliphatic heterocycles. The van der Waals surface area contributed by atoms with Gasteiger partial charge in [-0.15, -0.1) is 0 Å². The van der Waals surface area contributed by atoms with Crippen LogP contribution in [0.5, 0.6) is 5.88 Å². The molecule has 1 aliphatic carbocycles. The van der Waals surface area contributed by atoms with E-state index in [2.05, 4.69) is 10.3 Å². The van der Waals surface area contributed by atoms with E-state index >= 15 is 0 Å². The highest BCUT2D eigenvalue weighted by Crippen LogP contribution is 2.38. The van der Waals surface area contributed by atoms with E-state index in [1.807, 2.05) is 19.1 Å². The molecule has 1 heterocycles. The van der Waals surface area contributed by atoms with E-state index in [-0.39, 0.29) is 24.0 Å². The molecule has 1 atom stereocenters. The van der Waals surface area contributed by atoms with Crippen LogP contribution in [0.25, 0.3) is 0 Å². The Kier molecular flexibility index (Phi) is 5.25. The molecule has 0 spiro atoms. The summed E-state index contributed by atoms with van der Waals surface area (Å²) in [5.74, 6) is 0.506. The first-order valence-electron chi connectivity index (χ1n) is 8.23. The summed E-state index contributed by atoms with van der Waals surface area (Å²) in [5, 5.41) is 13.3. The molecule has 2 N–H and O–H groups in total. The lowest BCUT2D eigenvalue weighted by Crippen LogP contribution is -2.41. The fraction of sp³-hybridized carbons (Fsp3) is 0.368. The summed E-state index contributed by atoms with van der Waals surface area (Å²) in [7, 11) is 1.56. The number of amides is 1. The van der Waals surface area contributed by atoms with E-state index in [4.69, 9.17) is 16.3 Å². The molecule has 3 rings (SSSR count). The number of benzene rings is 1. The normalized spacial score (nSPS) is 20.5. The molecule has 1 fully saturated rings. The lowest BCUT2D eigenvalue weighted by atomic mass is 9.75. The zero-order chi connectivity index (χ0) is 18.0. The Morgan fingerprint density at radius 2 is 2.12 bits per heavy atom. The first kappa shape index (κ1) is 17.7. The van der Waals surface area contributed by atoms with Crippen molar-refractivity contribution in [2.45, 2.75) is 31.9 Å². The van der Waals surface area contributed by atoms with Gasteiger partial charge in [-0.05, 0) is 48.9 Å². The maximum absolute atomic E-state index is 12.7. The summed E-state index contributed by atoms with van der Waals surface area (Å²) in [4.78, 5) is 16.9. The monoisotopic (exact) mass is 360 g/mol. The van der Waals surface area contributed by atoms with E-state index in [1.54, 1.807) is 31.5 Å². The molecule has 6 heteroatoms. The Morgan fingerprint density at radius 3 is 2.68 bits per heavy atom. The van der Waals surface area contributed by atoms with Crippen molar-refractivity contribution in [3.63, 3.8) is 0 Å². The third-order valence-electron chi connectivity index (χ3n) is 4.67. The van der Waals surface area contributed by atoms with Crippen LogP contribution in [0, 0.1) is 12.8 Å². The molecule has 132 valence electrons. The minimum Gasteiger partial charge on any atom is -0.481 e. The van der Waals surface area contributed by atoms with Crippen molar-refractivity contribution in [1.29, 1.82) is 0 Å². The predicted molar refractivity (Wildman–Crippen MR) is 95.9 cm³/mol. The number of aromatic nitrogens is 1. The maximum Gasteiger partial charge on any atom is 0.251 e. The van der Waals surface area contributed by atoms with Crippen LogP contribution in [0.4, 0.5) is 0 Å². The molecule has 1 amide bonds. The number of aliphatic hydroxyl groups is 1. The third-order valence-corrected chi connectivity index (χ3v) is 5.08. The minimum atomic E-state index is -0.301. The quantitative estimate of drug-likeness (QED) is 0.858. The second kappa shape index (κ2) is 7.42. The summed E-state index contributed by atoms with van der Waals surface area (Å²) >= 11 is 6.13. The van der Waals surface area contributed by atoms with Gasteiger partial charge in [-0.3, -0.25) is 4.79 Å². The first-order chi connectivity index (χ1) is 12.0. The highest BCUT2D eigenvalue weighted by atomic mass is 35.5. The van der Waals surface area contributed by atoms with E-state index in [1.165, 1.54) is 0 Å². The lowest BCUT2D eigenvalue weighted by molar-refractivity contribution is 0.0234. The van der Waals surface area contributed by atoms with Crippen LogP contribution in [0.2, 0.25) is 5.02 Å². The zero-order valence-electron chi connectivity index (χ0n) is 14.2. The number of carbonyl (C=O) groups is 1. The van der Waals surface area contributed by atoms with Gasteiger partial charge in [0.15, 0.2) is 0 Å². The number of rotatable bonds is 5. The Hall–Kier alpha value is -2.11. The number of methoxy groups -OCH3 is 1. The van der Waals surface area contributed by atoms with Gasteiger partial charge in [-0.2, -0.15) is 0 Å². The lowest BCUT2D eigenvalue weighted by Gasteiger charge is -2.38. The second-order valence-corrected chi connectivity index (χ2v) is 6.84. The van der Waals surface area contributed by atoms with Crippen molar-refractivity contribution >= 4 is 17.5 Å². The van der Waals surface area contributed by atoms with Crippen LogP contribution in [-0.2, 0) is 0 Å². The van der Waals surface area contributed by atoms with E-state index in [0.717, 1.165) is 11.1 Å². The van der Waals surface area contributed by atoms with Crippen LogP contribution in [0.1, 0.15) is 40.4 Å². The molecule has 1 saturated carbocycles. The first-order valence-corrected chi connectivity index (χ1v) is 8.60. The smallest absolute Gasteiger partial charge is 0.251 e. The number of ether oxygens (including phenoxy) is 1. The van der Waals surface area contributed by atoms with Crippen LogP contribution < -0.4 is 10.1 Å². The van der Waals surface area contributed by atoms with Gasteiger partial charge in [-0.1, -0.05) is 23.7 Å². The molecule has 0 bridgehead atoms. The van der Waals surface area contributed by atoms with Crippen molar-refractivity contribution in [3.8, 4) is 5.88 Å². The Labute approximate surface area is 152 Å². The van der Waals surface area contributed by atoms with Gasteiger partial charge in [0.05, 0.1) is 19.3 Å². The van der Waals surface area contributed by atoms with Crippen molar-refractivity contribution in [1.82, 2.24) is 10.3 Å². The SMILES string of the molecule is COc1ccc([C@@H](NC(=O)c2ccc(C)c(Cl)c2)C2CC(O)C2)cn1. The van der Waals surface area contributed by atoms with Crippen molar-refractivity contribution in [2.75, 3.05) is 7.11 Å². The van der Waals surface area contributed by atoms with E-state index < -0.39 is 0 Å². The average molecular weight is 361 g/mol. The highest BCUT2D eigenvalue weighted by Gasteiger charge is 2.36. The molecule has 5 nitrogen and oxygen atoms in total. The molecule has 0 saturated heterocycles. The molecular formula is C19H21ClN2O3. The van der Waals surface area contributed by atoms with Gasteiger partial charge in [0.2, 0.25) is 5.88 Å². The van der Waals surface area contributed by atoms with Gasteiger partial charge >= 0.3 is 0 Å². The van der Waals surface area contributed by atoms with Gasteiger partial charge < -0.3 is 15.2 Å². The number of aliphatic hydroxyl groups excluding tert-OH is 1. The average Bonchev–Trinajstić information content (AvgIpc) is 2.59. The van der Waals surface area contributed by atoms with E-state index in [0.29, 0.717) is 29.3 Å². The van der Waals surface area contributed by atoms with Crippen LogP contribution in [0.3, 0.4) is 0 Å². The topological polar surface area (TPSA) is 71.5 Å². The molecule has 1 aromatic carbocycles. The molecule has 1 aliphatic rings.